The second-order valence-corrected chi connectivity index (χ2v) is 12.3. The van der Waals surface area contributed by atoms with Crippen LogP contribution in [-0.2, 0) is 14.7 Å². The van der Waals surface area contributed by atoms with Gasteiger partial charge in [-0.1, -0.05) is 24.3 Å². The van der Waals surface area contributed by atoms with Crippen LogP contribution in [-0.4, -0.2) is 39.7 Å². The first-order chi connectivity index (χ1) is 18.7. The molecule has 0 spiro atoms. The maximum absolute atomic E-state index is 12.2. The van der Waals surface area contributed by atoms with Crippen LogP contribution >= 0.6 is 29.5 Å². The molecule has 3 aromatic carbocycles. The van der Waals surface area contributed by atoms with Gasteiger partial charge in [-0.25, -0.2) is 9.36 Å². The Hall–Kier alpha value is -3.23. The molecule has 40 heavy (non-hydrogen) atoms. The Morgan fingerprint density at radius 1 is 1.12 bits per heavy atom. The molecule has 0 fully saturated rings. The standard InChI is InChI=1S/C27H26ClN2O8PS/c1-26(2,3)30-15-27(38-39(33,34)35,22-11-10-21(40-28)13-23(22)30)16-36-24-12-18(4-5-19(24)14-29)17-6-8-20(9-7-17)37-25(31)32/h4-13H,15-16H2,1-3H3,(H,31,32)(H2,33,34,35)/t27-/m1/s1. The summed E-state index contributed by atoms with van der Waals surface area (Å²) >= 11 is 0. The molecule has 3 aromatic rings. The Kier molecular flexibility index (Phi) is 8.43. The molecule has 0 bridgehead atoms. The summed E-state index contributed by atoms with van der Waals surface area (Å²) in [7, 11) is 2.02. The van der Waals surface area contributed by atoms with E-state index < -0.39 is 25.1 Å². The van der Waals surface area contributed by atoms with Crippen LogP contribution in [0.5, 0.6) is 11.5 Å². The van der Waals surface area contributed by atoms with Crippen molar-refractivity contribution in [1.29, 1.82) is 5.26 Å². The van der Waals surface area contributed by atoms with E-state index in [2.05, 4.69) is 10.8 Å². The van der Waals surface area contributed by atoms with E-state index in [1.54, 1.807) is 42.5 Å². The van der Waals surface area contributed by atoms with Crippen LogP contribution in [0.15, 0.2) is 65.6 Å². The minimum absolute atomic E-state index is 0.0694. The summed E-state index contributed by atoms with van der Waals surface area (Å²) in [5, 5.41) is 18.5. The molecule has 4 rings (SSSR count). The maximum atomic E-state index is 12.2. The average molecular weight is 605 g/mol. The van der Waals surface area contributed by atoms with Crippen LogP contribution in [0.3, 0.4) is 0 Å². The summed E-state index contributed by atoms with van der Waals surface area (Å²) < 4.78 is 28.5. The largest absolute Gasteiger partial charge is 0.511 e. The third-order valence-corrected chi connectivity index (χ3v) is 7.87. The molecule has 0 aromatic heterocycles. The Morgan fingerprint density at radius 3 is 2.38 bits per heavy atom. The minimum Gasteiger partial charge on any atom is -0.489 e. The summed E-state index contributed by atoms with van der Waals surface area (Å²) in [4.78, 5) is 33.3. The summed E-state index contributed by atoms with van der Waals surface area (Å²) in [5.74, 6) is 0.333. The first-order valence-corrected chi connectivity index (χ1v) is 15.1. The lowest BCUT2D eigenvalue weighted by atomic mass is 9.97. The maximum Gasteiger partial charge on any atom is 0.511 e. The predicted octanol–water partition coefficient (Wildman–Crippen LogP) is 6.53. The van der Waals surface area contributed by atoms with Crippen LogP contribution in [0.25, 0.3) is 11.1 Å². The predicted molar refractivity (Wildman–Crippen MR) is 151 cm³/mol. The van der Waals surface area contributed by atoms with Gasteiger partial charge in [0, 0.05) is 21.7 Å². The molecular weight excluding hydrogens is 579 g/mol. The van der Waals surface area contributed by atoms with Crippen molar-refractivity contribution in [2.24, 2.45) is 0 Å². The highest BCUT2D eigenvalue weighted by Gasteiger charge is 2.51. The average Bonchev–Trinajstić information content (AvgIpc) is 3.20. The Morgan fingerprint density at radius 2 is 1.80 bits per heavy atom. The number of anilines is 1. The number of phosphoric acid groups is 1. The Labute approximate surface area is 239 Å². The lowest BCUT2D eigenvalue weighted by Gasteiger charge is -2.37. The highest BCUT2D eigenvalue weighted by molar-refractivity contribution is 8.21. The molecule has 210 valence electrons. The van der Waals surface area contributed by atoms with Crippen LogP contribution in [0, 0.1) is 11.3 Å². The lowest BCUT2D eigenvalue weighted by Crippen LogP contribution is -2.47. The molecular formula is C27H26ClN2O8PS. The monoisotopic (exact) mass is 604 g/mol. The van der Waals surface area contributed by atoms with Crippen LogP contribution in [0.4, 0.5) is 10.5 Å². The molecule has 1 aliphatic rings. The smallest absolute Gasteiger partial charge is 0.489 e. The minimum atomic E-state index is -5.00. The van der Waals surface area contributed by atoms with Gasteiger partial charge in [0.25, 0.3) is 0 Å². The number of rotatable bonds is 8. The number of carbonyl (C=O) groups is 1. The number of benzene rings is 3. The van der Waals surface area contributed by atoms with Gasteiger partial charge in [0.15, 0.2) is 5.60 Å². The number of hydrogen-bond donors (Lipinski definition) is 3. The zero-order chi connectivity index (χ0) is 29.3. The molecule has 0 unspecified atom stereocenters. The number of halogens is 1. The van der Waals surface area contributed by atoms with Gasteiger partial charge in [0.05, 0.1) is 12.1 Å². The molecule has 10 nitrogen and oxygen atoms in total. The van der Waals surface area contributed by atoms with E-state index in [1.165, 1.54) is 12.1 Å². The van der Waals surface area contributed by atoms with E-state index in [4.69, 9.17) is 25.0 Å². The highest BCUT2D eigenvalue weighted by Crippen LogP contribution is 2.53. The SMILES string of the molecule is CC(C)(C)N1C[C@](COc2cc(-c3ccc(OC(=O)O)cc3)ccc2C#N)(OP(=O)(O)O)c2ccc(SCl)cc21. The van der Waals surface area contributed by atoms with Crippen LogP contribution in [0.1, 0.15) is 31.9 Å². The summed E-state index contributed by atoms with van der Waals surface area (Å²) in [5.41, 5.74) is 0.767. The second kappa shape index (κ2) is 11.3. The highest BCUT2D eigenvalue weighted by atomic mass is 35.7. The van der Waals surface area contributed by atoms with Crippen molar-refractivity contribution in [2.75, 3.05) is 18.1 Å². The van der Waals surface area contributed by atoms with Gasteiger partial charge in [-0.05, 0) is 90.0 Å². The van der Waals surface area contributed by atoms with Crippen LogP contribution < -0.4 is 14.4 Å². The van der Waals surface area contributed by atoms with Crippen molar-refractivity contribution >= 4 is 41.3 Å². The zero-order valence-corrected chi connectivity index (χ0v) is 24.2. The van der Waals surface area contributed by atoms with Gasteiger partial charge in [0.2, 0.25) is 0 Å². The molecule has 1 atom stereocenters. The summed E-state index contributed by atoms with van der Waals surface area (Å²) in [6, 6.07) is 18.6. The van der Waals surface area contributed by atoms with E-state index in [0.29, 0.717) is 22.4 Å². The van der Waals surface area contributed by atoms with Crippen LogP contribution in [0.2, 0.25) is 0 Å². The first kappa shape index (κ1) is 29.7. The number of phosphoric ester groups is 1. The van der Waals surface area contributed by atoms with Gasteiger partial charge < -0.3 is 29.3 Å². The summed E-state index contributed by atoms with van der Waals surface area (Å²) in [6.07, 6.45) is -1.43. The first-order valence-electron chi connectivity index (χ1n) is 11.9. The van der Waals surface area contributed by atoms with E-state index in [9.17, 15) is 24.4 Å². The van der Waals surface area contributed by atoms with Crippen molar-refractivity contribution in [3.63, 3.8) is 0 Å². The second-order valence-electron chi connectivity index (χ2n) is 10.1. The molecule has 3 N–H and O–H groups in total. The van der Waals surface area contributed by atoms with Gasteiger partial charge in [-0.15, -0.1) is 0 Å². The molecule has 0 aliphatic carbocycles. The van der Waals surface area contributed by atoms with E-state index >= 15 is 0 Å². The van der Waals surface area contributed by atoms with Crippen molar-refractivity contribution in [3.05, 3.63) is 71.8 Å². The third-order valence-electron chi connectivity index (χ3n) is 6.31. The molecule has 0 radical (unpaired) electrons. The fourth-order valence-corrected chi connectivity index (χ4v) is 5.80. The van der Waals surface area contributed by atoms with Crippen molar-refractivity contribution in [3.8, 4) is 28.7 Å². The van der Waals surface area contributed by atoms with E-state index in [0.717, 1.165) is 15.9 Å². The van der Waals surface area contributed by atoms with Gasteiger partial charge >= 0.3 is 14.0 Å². The molecule has 1 heterocycles. The zero-order valence-electron chi connectivity index (χ0n) is 21.7. The van der Waals surface area contributed by atoms with Gasteiger partial charge in [-0.2, -0.15) is 5.26 Å². The Bertz CT molecular complexity index is 1520. The number of nitrogens with zero attached hydrogens (tertiary/aromatic N) is 2. The fraction of sp³-hybridized carbons (Fsp3) is 0.259. The molecule has 0 amide bonds. The quantitative estimate of drug-likeness (QED) is 0.146. The van der Waals surface area contributed by atoms with Gasteiger partial charge in [0.1, 0.15) is 24.2 Å². The summed E-state index contributed by atoms with van der Waals surface area (Å²) in [6.45, 7) is 5.66. The van der Waals surface area contributed by atoms with E-state index in [-0.39, 0.29) is 30.2 Å². The van der Waals surface area contributed by atoms with Crippen molar-refractivity contribution < 1.29 is 38.3 Å². The van der Waals surface area contributed by atoms with E-state index in [1.807, 2.05) is 31.7 Å². The van der Waals surface area contributed by atoms with Crippen molar-refractivity contribution in [1.82, 2.24) is 0 Å². The van der Waals surface area contributed by atoms with Crippen molar-refractivity contribution in [2.45, 2.75) is 36.8 Å². The topological polar surface area (TPSA) is 150 Å². The fourth-order valence-electron chi connectivity index (χ4n) is 4.57. The lowest BCUT2D eigenvalue weighted by molar-refractivity contribution is 0.00167. The number of ether oxygens (including phenoxy) is 2. The van der Waals surface area contributed by atoms with Gasteiger partial charge in [-0.3, -0.25) is 4.52 Å². The molecule has 0 saturated heterocycles. The number of nitriles is 1. The number of fused-ring (bicyclic) bond motifs is 1. The Balaban J connectivity index is 1.73. The number of carboxylic acid groups (broad SMARTS) is 1. The number of hydrogen-bond acceptors (Lipinski definition) is 8. The normalized spacial score (nSPS) is 16.8. The molecule has 13 heteroatoms. The third kappa shape index (κ3) is 6.56. The molecule has 1 aliphatic heterocycles. The molecule has 0 saturated carbocycles.